The van der Waals surface area contributed by atoms with E-state index in [1.165, 1.54) is 96.3 Å². The Morgan fingerprint density at radius 2 is 0.714 bits per heavy atom. The number of rotatable bonds is 21. The second kappa shape index (κ2) is 20.0. The zero-order valence-electron chi connectivity index (χ0n) is 18.4. The molecule has 0 aromatic rings. The zero-order chi connectivity index (χ0) is 20.9. The van der Waals surface area contributed by atoms with Crippen molar-refractivity contribution in [2.45, 2.75) is 154 Å². The van der Waals surface area contributed by atoms with Gasteiger partial charge in [0.2, 0.25) is 0 Å². The predicted molar refractivity (Wildman–Crippen MR) is 114 cm³/mol. The second-order valence-electron chi connectivity index (χ2n) is 8.52. The lowest BCUT2D eigenvalue weighted by atomic mass is 10.0. The molecule has 0 bridgehead atoms. The maximum Gasteiger partial charge on any atom is 0.419 e. The molecule has 28 heavy (non-hydrogen) atoms. The van der Waals surface area contributed by atoms with Gasteiger partial charge >= 0.3 is 6.18 Å². The van der Waals surface area contributed by atoms with Crippen molar-refractivity contribution >= 4 is 0 Å². The maximum atomic E-state index is 12.7. The first-order valence-electron chi connectivity index (χ1n) is 12.2. The van der Waals surface area contributed by atoms with Crippen molar-refractivity contribution in [3.63, 3.8) is 0 Å². The number of hydrogen-bond acceptors (Lipinski definition) is 0. The van der Waals surface area contributed by atoms with Gasteiger partial charge < -0.3 is 0 Å². The molecule has 0 aliphatic rings. The van der Waals surface area contributed by atoms with Crippen LogP contribution >= 0.6 is 0 Å². The van der Waals surface area contributed by atoms with E-state index >= 15 is 0 Å². The highest BCUT2D eigenvalue weighted by Gasteiger charge is 2.39. The van der Waals surface area contributed by atoms with Gasteiger partial charge in [-0.25, -0.2) is 4.39 Å². The van der Waals surface area contributed by atoms with E-state index in [1.807, 2.05) is 0 Å². The molecule has 0 aromatic heterocycles. The van der Waals surface area contributed by atoms with Crippen molar-refractivity contribution in [2.24, 2.45) is 0 Å². The molecule has 0 rings (SSSR count). The van der Waals surface area contributed by atoms with E-state index in [4.69, 9.17) is 0 Å². The van der Waals surface area contributed by atoms with Crippen LogP contribution in [0.4, 0.5) is 17.6 Å². The summed E-state index contributed by atoms with van der Waals surface area (Å²) < 4.78 is 48.8. The Labute approximate surface area is 172 Å². The Bertz CT molecular complexity index is 301. The quantitative estimate of drug-likeness (QED) is 0.130. The molecule has 0 aromatic carbocycles. The molecule has 0 spiro atoms. The molecule has 0 fully saturated rings. The van der Waals surface area contributed by atoms with Crippen LogP contribution < -0.4 is 0 Å². The Morgan fingerprint density at radius 3 is 0.964 bits per heavy atom. The first kappa shape index (κ1) is 27.7. The first-order chi connectivity index (χ1) is 13.5. The first-order valence-corrected chi connectivity index (χ1v) is 12.2. The lowest BCUT2D eigenvalue weighted by molar-refractivity contribution is -0.182. The molecule has 4 heteroatoms. The summed E-state index contributed by atoms with van der Waals surface area (Å²) in [5.41, 5.74) is 0. The fraction of sp³-hybridized carbons (Fsp3) is 1.00. The molecule has 0 N–H and O–H groups in total. The van der Waals surface area contributed by atoms with E-state index < -0.39 is 12.3 Å². The molecule has 0 saturated heterocycles. The molecule has 0 heterocycles. The Kier molecular flexibility index (Phi) is 19.8. The SMILES string of the molecule is CCCCCCCCCCCCCCCCCCCCCCC(F)C(F)(F)F. The maximum absolute atomic E-state index is 12.7. The van der Waals surface area contributed by atoms with Crippen molar-refractivity contribution in [3.8, 4) is 0 Å². The minimum Gasteiger partial charge on any atom is -0.237 e. The summed E-state index contributed by atoms with van der Waals surface area (Å²) in [6.07, 6.45) is 17.0. The Balaban J connectivity index is 3.09. The fourth-order valence-electron chi connectivity index (χ4n) is 3.74. The highest BCUT2D eigenvalue weighted by atomic mass is 19.4. The summed E-state index contributed by atoms with van der Waals surface area (Å²) in [6, 6.07) is 0. The normalized spacial score (nSPS) is 13.2. The molecule has 1 atom stereocenters. The minimum atomic E-state index is -4.67. The van der Waals surface area contributed by atoms with Crippen LogP contribution in [0.25, 0.3) is 0 Å². The second-order valence-corrected chi connectivity index (χ2v) is 8.52. The molecule has 0 aliphatic heterocycles. The van der Waals surface area contributed by atoms with Gasteiger partial charge in [0.1, 0.15) is 0 Å². The highest BCUT2D eigenvalue weighted by Crippen LogP contribution is 2.27. The van der Waals surface area contributed by atoms with Gasteiger partial charge in [-0.15, -0.1) is 0 Å². The Morgan fingerprint density at radius 1 is 0.464 bits per heavy atom. The van der Waals surface area contributed by atoms with Gasteiger partial charge in [0.05, 0.1) is 0 Å². The monoisotopic (exact) mass is 410 g/mol. The van der Waals surface area contributed by atoms with Crippen LogP contribution in [0.1, 0.15) is 142 Å². The lowest BCUT2D eigenvalue weighted by Crippen LogP contribution is -2.23. The topological polar surface area (TPSA) is 0 Å². The molecule has 0 aliphatic carbocycles. The van der Waals surface area contributed by atoms with Crippen molar-refractivity contribution in [1.29, 1.82) is 0 Å². The summed E-state index contributed by atoms with van der Waals surface area (Å²) in [5.74, 6) is 0. The Hall–Kier alpha value is -0.280. The lowest BCUT2D eigenvalue weighted by Gasteiger charge is -2.11. The van der Waals surface area contributed by atoms with Gasteiger partial charge in [-0.3, -0.25) is 0 Å². The van der Waals surface area contributed by atoms with Crippen LogP contribution in [0.5, 0.6) is 0 Å². The van der Waals surface area contributed by atoms with E-state index in [1.54, 1.807) is 0 Å². The number of halogens is 4. The fourth-order valence-corrected chi connectivity index (χ4v) is 3.74. The van der Waals surface area contributed by atoms with Crippen molar-refractivity contribution in [1.82, 2.24) is 0 Å². The van der Waals surface area contributed by atoms with Crippen LogP contribution in [-0.2, 0) is 0 Å². The molecule has 1 unspecified atom stereocenters. The van der Waals surface area contributed by atoms with E-state index in [-0.39, 0.29) is 6.42 Å². The third-order valence-corrected chi connectivity index (χ3v) is 5.67. The molecule has 170 valence electrons. The van der Waals surface area contributed by atoms with Crippen LogP contribution in [0.2, 0.25) is 0 Å². The third kappa shape index (κ3) is 20.5. The van der Waals surface area contributed by atoms with Gasteiger partial charge in [-0.1, -0.05) is 135 Å². The molecule has 0 nitrogen and oxygen atoms in total. The van der Waals surface area contributed by atoms with Crippen LogP contribution in [0, 0.1) is 0 Å². The molecular weight excluding hydrogens is 364 g/mol. The summed E-state index contributed by atoms with van der Waals surface area (Å²) in [5, 5.41) is 0. The van der Waals surface area contributed by atoms with Gasteiger partial charge in [0.25, 0.3) is 0 Å². The van der Waals surface area contributed by atoms with E-state index in [0.717, 1.165) is 25.7 Å². The van der Waals surface area contributed by atoms with Crippen LogP contribution in [0.15, 0.2) is 0 Å². The summed E-state index contributed by atoms with van der Waals surface area (Å²) in [7, 11) is 0. The summed E-state index contributed by atoms with van der Waals surface area (Å²) >= 11 is 0. The molecular formula is C24H46F4. The molecule has 0 saturated carbocycles. The van der Waals surface area contributed by atoms with E-state index in [0.29, 0.717) is 6.42 Å². The summed E-state index contributed by atoms with van der Waals surface area (Å²) in [6.45, 7) is 2.26. The highest BCUT2D eigenvalue weighted by molar-refractivity contribution is 4.65. The third-order valence-electron chi connectivity index (χ3n) is 5.67. The minimum absolute atomic E-state index is 0.347. The molecule has 0 amide bonds. The molecule has 0 radical (unpaired) electrons. The number of unbranched alkanes of at least 4 members (excludes halogenated alkanes) is 19. The van der Waals surface area contributed by atoms with Crippen molar-refractivity contribution in [3.05, 3.63) is 0 Å². The van der Waals surface area contributed by atoms with Gasteiger partial charge in [-0.05, 0) is 6.42 Å². The van der Waals surface area contributed by atoms with Crippen LogP contribution in [0.3, 0.4) is 0 Å². The van der Waals surface area contributed by atoms with E-state index in [2.05, 4.69) is 6.92 Å². The average molecular weight is 411 g/mol. The number of alkyl halides is 4. The van der Waals surface area contributed by atoms with Gasteiger partial charge in [-0.2, -0.15) is 13.2 Å². The summed E-state index contributed by atoms with van der Waals surface area (Å²) in [4.78, 5) is 0. The van der Waals surface area contributed by atoms with Gasteiger partial charge in [0, 0.05) is 0 Å². The average Bonchev–Trinajstić information content (AvgIpc) is 2.65. The zero-order valence-corrected chi connectivity index (χ0v) is 18.4. The number of hydrogen-bond donors (Lipinski definition) is 0. The van der Waals surface area contributed by atoms with E-state index in [9.17, 15) is 17.6 Å². The largest absolute Gasteiger partial charge is 0.419 e. The van der Waals surface area contributed by atoms with Gasteiger partial charge in [0.15, 0.2) is 6.17 Å². The van der Waals surface area contributed by atoms with Crippen molar-refractivity contribution < 1.29 is 17.6 Å². The van der Waals surface area contributed by atoms with Crippen LogP contribution in [-0.4, -0.2) is 12.3 Å². The predicted octanol–water partition coefficient (Wildman–Crippen LogP) is 10.1. The smallest absolute Gasteiger partial charge is 0.237 e. The van der Waals surface area contributed by atoms with Crippen molar-refractivity contribution in [2.75, 3.05) is 0 Å². The standard InChI is InChI=1S/C24H46F4/c1-2-3-4-5-6-7-8-9-10-11-12-13-14-15-16-17-18-19-20-21-22-23(25)24(26,27)28/h23H,2-22H2,1H3.